The summed E-state index contributed by atoms with van der Waals surface area (Å²) in [6.07, 6.45) is 2.88. The van der Waals surface area contributed by atoms with E-state index in [1.165, 1.54) is 18.5 Å². The second-order valence-electron chi connectivity index (χ2n) is 4.37. The molecule has 0 radical (unpaired) electrons. The molecule has 92 valence electrons. The van der Waals surface area contributed by atoms with Crippen molar-refractivity contribution in [3.63, 3.8) is 0 Å². The first-order valence-electron chi connectivity index (χ1n) is 5.87. The molecule has 0 bridgehead atoms. The summed E-state index contributed by atoms with van der Waals surface area (Å²) in [5, 5.41) is 7.89. The molecule has 1 aliphatic rings. The molecule has 1 atom stereocenters. The van der Waals surface area contributed by atoms with Gasteiger partial charge in [-0.05, 0) is 37.0 Å². The first-order valence-corrected chi connectivity index (χ1v) is 6.31. The molecule has 4 heteroatoms. The van der Waals surface area contributed by atoms with Crippen LogP contribution >= 0.6 is 11.6 Å². The van der Waals surface area contributed by atoms with Crippen LogP contribution in [-0.2, 0) is 11.2 Å². The van der Waals surface area contributed by atoms with Gasteiger partial charge in [-0.3, -0.25) is 4.79 Å². The molecule has 1 heterocycles. The number of halogens is 1. The fourth-order valence-electron chi connectivity index (χ4n) is 2.11. The highest BCUT2D eigenvalue weighted by Crippen LogP contribution is 2.21. The average molecular weight is 254 g/mol. The van der Waals surface area contributed by atoms with Crippen LogP contribution in [0.25, 0.3) is 0 Å². The summed E-state index contributed by atoms with van der Waals surface area (Å²) in [7, 11) is 0. The van der Waals surface area contributed by atoms with Crippen molar-refractivity contribution in [2.75, 3.05) is 18.0 Å². The molecule has 0 amide bonds. The van der Waals surface area contributed by atoms with Crippen LogP contribution in [-0.4, -0.2) is 29.5 Å². The smallest absolute Gasteiger partial charge is 0.321 e. The number of aliphatic carboxylic acids is 1. The molecule has 0 spiro atoms. The van der Waals surface area contributed by atoms with Crippen LogP contribution in [0.2, 0.25) is 0 Å². The van der Waals surface area contributed by atoms with Crippen LogP contribution in [0.15, 0.2) is 24.3 Å². The number of carboxylic acid groups (broad SMARTS) is 1. The van der Waals surface area contributed by atoms with E-state index in [1.54, 1.807) is 0 Å². The summed E-state index contributed by atoms with van der Waals surface area (Å²) in [4.78, 5) is 13.0. The molecule has 0 saturated carbocycles. The number of hydrogen-bond donors (Lipinski definition) is 1. The van der Waals surface area contributed by atoms with Gasteiger partial charge in [0, 0.05) is 18.8 Å². The minimum absolute atomic E-state index is 0.372. The molecule has 3 nitrogen and oxygen atoms in total. The van der Waals surface area contributed by atoms with E-state index in [1.807, 2.05) is 24.3 Å². The second-order valence-corrected chi connectivity index (χ2v) is 4.90. The Labute approximate surface area is 106 Å². The highest BCUT2D eigenvalue weighted by atomic mass is 35.5. The Bertz CT molecular complexity index is 385. The van der Waals surface area contributed by atoms with E-state index < -0.39 is 11.3 Å². The minimum atomic E-state index is -0.963. The number of nitrogens with zero attached hydrogens (tertiary/aromatic N) is 1. The zero-order valence-corrected chi connectivity index (χ0v) is 10.4. The van der Waals surface area contributed by atoms with Gasteiger partial charge < -0.3 is 10.0 Å². The number of alkyl halides is 1. The number of anilines is 1. The Hall–Kier alpha value is -1.22. The van der Waals surface area contributed by atoms with Crippen molar-refractivity contribution in [2.45, 2.75) is 24.6 Å². The summed E-state index contributed by atoms with van der Waals surface area (Å²) in [5.74, 6) is -0.963. The van der Waals surface area contributed by atoms with E-state index in [2.05, 4.69) is 4.90 Å². The van der Waals surface area contributed by atoms with Gasteiger partial charge in [-0.1, -0.05) is 12.1 Å². The maximum atomic E-state index is 10.6. The Morgan fingerprint density at radius 2 is 1.88 bits per heavy atom. The van der Waals surface area contributed by atoms with E-state index in [0.29, 0.717) is 6.42 Å². The first kappa shape index (κ1) is 12.2. The van der Waals surface area contributed by atoms with Gasteiger partial charge in [-0.25, -0.2) is 0 Å². The predicted octanol–water partition coefficient (Wildman–Crippen LogP) is 2.52. The average Bonchev–Trinajstić information content (AvgIpc) is 2.83. The molecule has 1 N–H and O–H groups in total. The lowest BCUT2D eigenvalue weighted by atomic mass is 10.1. The van der Waals surface area contributed by atoms with Gasteiger partial charge in [0.05, 0.1) is 0 Å². The summed E-state index contributed by atoms with van der Waals surface area (Å²) in [6.45, 7) is 2.24. The molecule has 1 fully saturated rings. The van der Waals surface area contributed by atoms with Crippen molar-refractivity contribution >= 4 is 23.3 Å². The van der Waals surface area contributed by atoms with Crippen LogP contribution in [0.3, 0.4) is 0 Å². The molecule has 1 aromatic carbocycles. The SMILES string of the molecule is O=C(O)C(Cl)Cc1ccc(N2CCCC2)cc1. The lowest BCUT2D eigenvalue weighted by Crippen LogP contribution is -2.18. The van der Waals surface area contributed by atoms with Crippen LogP contribution in [0, 0.1) is 0 Å². The molecule has 0 aromatic heterocycles. The topological polar surface area (TPSA) is 40.5 Å². The highest BCUT2D eigenvalue weighted by Gasteiger charge is 2.15. The number of benzene rings is 1. The molecule has 17 heavy (non-hydrogen) atoms. The van der Waals surface area contributed by atoms with Crippen LogP contribution in [0.4, 0.5) is 5.69 Å². The van der Waals surface area contributed by atoms with Crippen molar-refractivity contribution in [2.24, 2.45) is 0 Å². The third-order valence-corrected chi connectivity index (χ3v) is 3.43. The standard InChI is InChI=1S/C13H16ClNO2/c14-12(13(16)17)9-10-3-5-11(6-4-10)15-7-1-2-8-15/h3-6,12H,1-2,7-9H2,(H,16,17). The Balaban J connectivity index is 2.00. The zero-order chi connectivity index (χ0) is 12.3. The van der Waals surface area contributed by atoms with E-state index >= 15 is 0 Å². The van der Waals surface area contributed by atoms with Crippen molar-refractivity contribution in [1.82, 2.24) is 0 Å². The van der Waals surface area contributed by atoms with Crippen molar-refractivity contribution < 1.29 is 9.90 Å². The Morgan fingerprint density at radius 1 is 1.29 bits per heavy atom. The lowest BCUT2D eigenvalue weighted by molar-refractivity contribution is -0.136. The normalized spacial score (nSPS) is 17.1. The molecule has 2 rings (SSSR count). The molecule has 1 saturated heterocycles. The van der Waals surface area contributed by atoms with Gasteiger partial charge in [0.25, 0.3) is 0 Å². The zero-order valence-electron chi connectivity index (χ0n) is 9.60. The molecule has 1 aromatic rings. The molecule has 1 aliphatic heterocycles. The van der Waals surface area contributed by atoms with E-state index in [-0.39, 0.29) is 0 Å². The Kier molecular flexibility index (Phi) is 3.89. The lowest BCUT2D eigenvalue weighted by Gasteiger charge is -2.17. The van der Waals surface area contributed by atoms with Gasteiger partial charge in [0.15, 0.2) is 0 Å². The minimum Gasteiger partial charge on any atom is -0.480 e. The largest absolute Gasteiger partial charge is 0.480 e. The van der Waals surface area contributed by atoms with Crippen molar-refractivity contribution in [1.29, 1.82) is 0 Å². The van der Waals surface area contributed by atoms with Crippen molar-refractivity contribution in [3.05, 3.63) is 29.8 Å². The van der Waals surface area contributed by atoms with Crippen LogP contribution in [0.1, 0.15) is 18.4 Å². The van der Waals surface area contributed by atoms with Gasteiger partial charge in [0.1, 0.15) is 5.38 Å². The van der Waals surface area contributed by atoms with E-state index in [9.17, 15) is 4.79 Å². The molecule has 0 aliphatic carbocycles. The quantitative estimate of drug-likeness (QED) is 0.839. The number of carboxylic acids is 1. The third-order valence-electron chi connectivity index (χ3n) is 3.09. The fraction of sp³-hybridized carbons (Fsp3) is 0.462. The van der Waals surface area contributed by atoms with Crippen molar-refractivity contribution in [3.8, 4) is 0 Å². The molecular weight excluding hydrogens is 238 g/mol. The monoisotopic (exact) mass is 253 g/mol. The highest BCUT2D eigenvalue weighted by molar-refractivity contribution is 6.29. The number of rotatable bonds is 4. The van der Waals surface area contributed by atoms with E-state index in [4.69, 9.17) is 16.7 Å². The summed E-state index contributed by atoms with van der Waals surface area (Å²) < 4.78 is 0. The van der Waals surface area contributed by atoms with Gasteiger partial charge in [-0.2, -0.15) is 0 Å². The van der Waals surface area contributed by atoms with E-state index in [0.717, 1.165) is 18.7 Å². The number of hydrogen-bond acceptors (Lipinski definition) is 2. The molecular formula is C13H16ClNO2. The van der Waals surface area contributed by atoms with Gasteiger partial charge in [-0.15, -0.1) is 11.6 Å². The van der Waals surface area contributed by atoms with Crippen LogP contribution in [0.5, 0.6) is 0 Å². The van der Waals surface area contributed by atoms with Gasteiger partial charge >= 0.3 is 5.97 Å². The fourth-order valence-corrected chi connectivity index (χ4v) is 2.29. The summed E-state index contributed by atoms with van der Waals surface area (Å²) >= 11 is 5.71. The molecule has 1 unspecified atom stereocenters. The third kappa shape index (κ3) is 3.13. The first-order chi connectivity index (χ1) is 8.16. The van der Waals surface area contributed by atoms with Gasteiger partial charge in [0.2, 0.25) is 0 Å². The second kappa shape index (κ2) is 5.41. The summed E-state index contributed by atoms with van der Waals surface area (Å²) in [5.41, 5.74) is 2.18. The maximum absolute atomic E-state index is 10.6. The predicted molar refractivity (Wildman–Crippen MR) is 68.9 cm³/mol. The number of carbonyl (C=O) groups is 1. The maximum Gasteiger partial charge on any atom is 0.321 e. The van der Waals surface area contributed by atoms with Crippen LogP contribution < -0.4 is 4.90 Å². The Morgan fingerprint density at radius 3 is 2.41 bits per heavy atom. The summed E-state index contributed by atoms with van der Waals surface area (Å²) in [6, 6.07) is 8.02.